The molecule has 0 spiro atoms. The van der Waals surface area contributed by atoms with Gasteiger partial charge in [0.05, 0.1) is 16.9 Å². The van der Waals surface area contributed by atoms with Gasteiger partial charge in [0.1, 0.15) is 0 Å². The first-order chi connectivity index (χ1) is 8.65. The number of carbonyl (C=O) groups is 1. The minimum atomic E-state index is -0.434. The number of hydrogen-bond acceptors (Lipinski definition) is 4. The summed E-state index contributed by atoms with van der Waals surface area (Å²) in [5.41, 5.74) is 6.56. The molecule has 18 heavy (non-hydrogen) atoms. The molecule has 1 aromatic heterocycles. The van der Waals surface area contributed by atoms with Crippen molar-refractivity contribution in [2.24, 2.45) is 0 Å². The van der Waals surface area contributed by atoms with Crippen LogP contribution in [0.3, 0.4) is 0 Å². The lowest BCUT2D eigenvalue weighted by molar-refractivity contribution is 0.262. The van der Waals surface area contributed by atoms with Crippen molar-refractivity contribution in [3.63, 3.8) is 0 Å². The number of rotatable bonds is 2. The molecule has 4 N–H and O–H groups in total. The Balaban J connectivity index is 2.01. The molecule has 2 aromatic rings. The van der Waals surface area contributed by atoms with Gasteiger partial charge in [-0.15, -0.1) is 0 Å². The van der Waals surface area contributed by atoms with Crippen LogP contribution in [0, 0.1) is 0 Å². The van der Waals surface area contributed by atoms with Gasteiger partial charge in [0, 0.05) is 18.1 Å². The van der Waals surface area contributed by atoms with Crippen LogP contribution in [0.4, 0.5) is 22.0 Å². The predicted molar refractivity (Wildman–Crippen MR) is 70.5 cm³/mol. The Hall–Kier alpha value is -2.34. The first-order valence-corrected chi connectivity index (χ1v) is 5.42. The molecule has 1 aromatic carbocycles. The molecule has 2 rings (SSSR count). The van der Waals surface area contributed by atoms with Gasteiger partial charge in [-0.3, -0.25) is 10.3 Å². The molecule has 0 atom stereocenters. The maximum absolute atomic E-state index is 11.6. The van der Waals surface area contributed by atoms with Crippen LogP contribution in [0.15, 0.2) is 36.8 Å². The van der Waals surface area contributed by atoms with E-state index in [-0.39, 0.29) is 0 Å². The van der Waals surface area contributed by atoms with Crippen LogP contribution in [0.1, 0.15) is 0 Å². The van der Waals surface area contributed by atoms with E-state index in [0.717, 1.165) is 0 Å². The monoisotopic (exact) mass is 263 g/mol. The zero-order valence-electron chi connectivity index (χ0n) is 9.22. The zero-order valence-corrected chi connectivity index (χ0v) is 9.98. The van der Waals surface area contributed by atoms with E-state index >= 15 is 0 Å². The van der Waals surface area contributed by atoms with Gasteiger partial charge in [-0.05, 0) is 18.2 Å². The Morgan fingerprint density at radius 3 is 2.78 bits per heavy atom. The molecular formula is C11H10ClN5O. The van der Waals surface area contributed by atoms with Gasteiger partial charge in [0.25, 0.3) is 0 Å². The molecule has 7 heteroatoms. The van der Waals surface area contributed by atoms with E-state index in [1.54, 1.807) is 18.2 Å². The number of nitrogens with two attached hydrogens (primary N) is 1. The standard InChI is InChI=1S/C11H10ClN5O/c12-8-5-7(1-2-9(8)13)16-11(18)17-10-6-14-3-4-15-10/h1-6H,13H2,(H2,15,16,17,18). The highest BCUT2D eigenvalue weighted by molar-refractivity contribution is 6.33. The van der Waals surface area contributed by atoms with Crippen LogP contribution in [0.25, 0.3) is 0 Å². The van der Waals surface area contributed by atoms with Crippen molar-refractivity contribution in [3.05, 3.63) is 41.8 Å². The van der Waals surface area contributed by atoms with Gasteiger partial charge < -0.3 is 11.1 Å². The van der Waals surface area contributed by atoms with Gasteiger partial charge in [-0.2, -0.15) is 0 Å². The Kier molecular flexibility index (Phi) is 3.59. The highest BCUT2D eigenvalue weighted by atomic mass is 35.5. The number of aromatic nitrogens is 2. The molecule has 2 amide bonds. The quantitative estimate of drug-likeness (QED) is 0.725. The summed E-state index contributed by atoms with van der Waals surface area (Å²) in [6, 6.07) is 4.39. The third-order valence-electron chi connectivity index (χ3n) is 2.06. The smallest absolute Gasteiger partial charge is 0.324 e. The van der Waals surface area contributed by atoms with Crippen LogP contribution >= 0.6 is 11.6 Å². The second kappa shape index (κ2) is 5.33. The third kappa shape index (κ3) is 3.08. The fourth-order valence-electron chi connectivity index (χ4n) is 1.25. The zero-order chi connectivity index (χ0) is 13.0. The molecule has 0 radical (unpaired) electrons. The van der Waals surface area contributed by atoms with E-state index < -0.39 is 6.03 Å². The normalized spacial score (nSPS) is 9.83. The van der Waals surface area contributed by atoms with E-state index in [0.29, 0.717) is 22.2 Å². The predicted octanol–water partition coefficient (Wildman–Crippen LogP) is 2.36. The SMILES string of the molecule is Nc1ccc(NC(=O)Nc2cnccn2)cc1Cl. The lowest BCUT2D eigenvalue weighted by Crippen LogP contribution is -2.20. The molecule has 0 aliphatic rings. The number of anilines is 3. The average Bonchev–Trinajstić information content (AvgIpc) is 2.35. The second-order valence-electron chi connectivity index (χ2n) is 3.41. The summed E-state index contributed by atoms with van der Waals surface area (Å²) in [6.07, 6.45) is 4.44. The molecule has 0 bridgehead atoms. The Labute approximate surface area is 108 Å². The topological polar surface area (TPSA) is 92.9 Å². The van der Waals surface area contributed by atoms with E-state index in [1.165, 1.54) is 18.6 Å². The minimum Gasteiger partial charge on any atom is -0.398 e. The van der Waals surface area contributed by atoms with Crippen LogP contribution in [-0.2, 0) is 0 Å². The van der Waals surface area contributed by atoms with Crippen molar-refractivity contribution in [1.29, 1.82) is 0 Å². The highest BCUT2D eigenvalue weighted by Gasteiger charge is 2.04. The fraction of sp³-hybridized carbons (Fsp3) is 0. The Morgan fingerprint density at radius 1 is 1.28 bits per heavy atom. The van der Waals surface area contributed by atoms with Crippen molar-refractivity contribution in [2.45, 2.75) is 0 Å². The minimum absolute atomic E-state index is 0.358. The summed E-state index contributed by atoms with van der Waals surface area (Å²) in [6.45, 7) is 0. The van der Waals surface area contributed by atoms with Crippen LogP contribution < -0.4 is 16.4 Å². The molecule has 0 aliphatic heterocycles. The lowest BCUT2D eigenvalue weighted by atomic mass is 10.3. The average molecular weight is 264 g/mol. The highest BCUT2D eigenvalue weighted by Crippen LogP contribution is 2.22. The molecule has 0 fully saturated rings. The molecular weight excluding hydrogens is 254 g/mol. The summed E-state index contributed by atoms with van der Waals surface area (Å²) < 4.78 is 0. The van der Waals surface area contributed by atoms with Crippen molar-refractivity contribution in [3.8, 4) is 0 Å². The number of nitrogen functional groups attached to an aromatic ring is 1. The van der Waals surface area contributed by atoms with Gasteiger partial charge in [-0.25, -0.2) is 9.78 Å². The molecule has 6 nitrogen and oxygen atoms in total. The van der Waals surface area contributed by atoms with Gasteiger partial charge in [0.2, 0.25) is 0 Å². The van der Waals surface area contributed by atoms with Crippen LogP contribution in [-0.4, -0.2) is 16.0 Å². The molecule has 0 saturated heterocycles. The number of nitrogens with one attached hydrogen (secondary N) is 2. The van der Waals surface area contributed by atoms with Gasteiger partial charge >= 0.3 is 6.03 Å². The van der Waals surface area contributed by atoms with E-state index in [2.05, 4.69) is 20.6 Å². The summed E-state index contributed by atoms with van der Waals surface area (Å²) in [5, 5.41) is 5.51. The summed E-state index contributed by atoms with van der Waals surface area (Å²) >= 11 is 5.84. The Bertz CT molecular complexity index is 561. The van der Waals surface area contributed by atoms with Gasteiger partial charge in [-0.1, -0.05) is 11.6 Å². The summed E-state index contributed by atoms with van der Waals surface area (Å²) in [7, 11) is 0. The number of benzene rings is 1. The van der Waals surface area contributed by atoms with E-state index in [4.69, 9.17) is 17.3 Å². The van der Waals surface area contributed by atoms with Gasteiger partial charge in [0.15, 0.2) is 5.82 Å². The van der Waals surface area contributed by atoms with Crippen molar-refractivity contribution in [2.75, 3.05) is 16.4 Å². The largest absolute Gasteiger partial charge is 0.398 e. The molecule has 0 aliphatic carbocycles. The first kappa shape index (κ1) is 12.1. The number of carbonyl (C=O) groups excluding carboxylic acids is 1. The van der Waals surface area contributed by atoms with Crippen molar-refractivity contribution >= 4 is 34.8 Å². The lowest BCUT2D eigenvalue weighted by Gasteiger charge is -2.07. The maximum atomic E-state index is 11.6. The van der Waals surface area contributed by atoms with E-state index in [1.807, 2.05) is 0 Å². The molecule has 92 valence electrons. The number of hydrogen-bond donors (Lipinski definition) is 3. The summed E-state index contributed by atoms with van der Waals surface area (Å²) in [5.74, 6) is 0.358. The number of nitrogens with zero attached hydrogens (tertiary/aromatic N) is 2. The third-order valence-corrected chi connectivity index (χ3v) is 2.39. The number of urea groups is 1. The first-order valence-electron chi connectivity index (χ1n) is 5.04. The fourth-order valence-corrected chi connectivity index (χ4v) is 1.43. The van der Waals surface area contributed by atoms with Crippen LogP contribution in [0.5, 0.6) is 0 Å². The second-order valence-corrected chi connectivity index (χ2v) is 3.81. The Morgan fingerprint density at radius 2 is 2.11 bits per heavy atom. The number of halogens is 1. The molecule has 0 unspecified atom stereocenters. The van der Waals surface area contributed by atoms with Crippen LogP contribution in [0.2, 0.25) is 5.02 Å². The molecule has 0 saturated carbocycles. The van der Waals surface area contributed by atoms with Crippen molar-refractivity contribution in [1.82, 2.24) is 9.97 Å². The maximum Gasteiger partial charge on any atom is 0.324 e. The van der Waals surface area contributed by atoms with Crippen molar-refractivity contribution < 1.29 is 4.79 Å². The summed E-state index contributed by atoms with van der Waals surface area (Å²) in [4.78, 5) is 19.4. The molecule has 1 heterocycles. The van der Waals surface area contributed by atoms with E-state index in [9.17, 15) is 4.79 Å². The number of amides is 2.